The molecule has 3 saturated heterocycles. The number of hydrogen-bond acceptors (Lipinski definition) is 10. The number of amides is 5. The minimum atomic E-state index is -1.30. The first-order valence-corrected chi connectivity index (χ1v) is 21.4. The second kappa shape index (κ2) is 20.4. The summed E-state index contributed by atoms with van der Waals surface area (Å²) in [6.45, 7) is 8.32. The van der Waals surface area contributed by atoms with Gasteiger partial charge in [0.15, 0.2) is 0 Å². The van der Waals surface area contributed by atoms with Gasteiger partial charge in [-0.1, -0.05) is 70.2 Å². The third-order valence-corrected chi connectivity index (χ3v) is 12.1. The second-order valence-electron chi connectivity index (χ2n) is 16.8. The predicted molar refractivity (Wildman–Crippen MR) is 232 cm³/mol. The number of carbonyl (C=O) groups excluding carboxylic acids is 5. The monoisotopic (exact) mass is 839 g/mol. The molecule has 3 aromatic rings. The van der Waals surface area contributed by atoms with E-state index in [1.807, 2.05) is 94.4 Å². The van der Waals surface area contributed by atoms with Gasteiger partial charge in [0.1, 0.15) is 18.1 Å². The number of alkyl carbamates (subject to hydrolysis) is 1. The molecule has 3 heterocycles. The summed E-state index contributed by atoms with van der Waals surface area (Å²) >= 11 is 0. The van der Waals surface area contributed by atoms with Crippen LogP contribution in [0.5, 0.6) is 0 Å². The molecule has 4 unspecified atom stereocenters. The molecule has 0 bridgehead atoms. The quantitative estimate of drug-likeness (QED) is 0.122. The highest BCUT2D eigenvalue weighted by molar-refractivity contribution is 5.99. The van der Waals surface area contributed by atoms with Gasteiger partial charge in [-0.2, -0.15) is 0 Å². The summed E-state index contributed by atoms with van der Waals surface area (Å²) in [5.74, 6) is -1.39. The molecule has 3 aromatic carbocycles. The van der Waals surface area contributed by atoms with Crippen molar-refractivity contribution in [1.82, 2.24) is 20.4 Å². The molecule has 5 N–H and O–H groups in total. The average molecular weight is 840 g/mol. The maximum Gasteiger partial charge on any atom is 0.407 e. The highest BCUT2D eigenvalue weighted by atomic mass is 16.6. The molecule has 61 heavy (non-hydrogen) atoms. The first-order valence-electron chi connectivity index (χ1n) is 21.4. The van der Waals surface area contributed by atoms with E-state index < -0.39 is 36.7 Å². The van der Waals surface area contributed by atoms with Gasteiger partial charge in [-0.25, -0.2) is 4.79 Å². The Labute approximate surface area is 358 Å². The molecule has 7 atom stereocenters. The van der Waals surface area contributed by atoms with Crippen LogP contribution in [0.4, 0.5) is 21.9 Å². The largest absolute Gasteiger partial charge is 0.453 e. The number of aliphatic hydroxyl groups is 1. The molecule has 15 heteroatoms. The number of aliphatic hydroxyl groups excluding tert-OH is 1. The molecule has 3 aliphatic heterocycles. The van der Waals surface area contributed by atoms with Gasteiger partial charge in [0.25, 0.3) is 0 Å². The van der Waals surface area contributed by atoms with Crippen LogP contribution in [-0.4, -0.2) is 103 Å². The Kier molecular flexibility index (Phi) is 15.0. The Morgan fingerprint density at radius 2 is 1.10 bits per heavy atom. The van der Waals surface area contributed by atoms with Crippen LogP contribution in [0, 0.1) is 11.8 Å². The Bertz CT molecular complexity index is 1980. The third-order valence-electron chi connectivity index (χ3n) is 12.1. The zero-order chi connectivity index (χ0) is 43.8. The minimum Gasteiger partial charge on any atom is -0.453 e. The van der Waals surface area contributed by atoms with Gasteiger partial charge >= 0.3 is 6.09 Å². The van der Waals surface area contributed by atoms with Gasteiger partial charge in [0.2, 0.25) is 30.0 Å². The Hall–Kier alpha value is -5.51. The van der Waals surface area contributed by atoms with E-state index in [9.17, 15) is 29.1 Å². The number of para-hydroxylation sites is 1. The van der Waals surface area contributed by atoms with E-state index in [0.29, 0.717) is 50.1 Å². The summed E-state index contributed by atoms with van der Waals surface area (Å²) in [6.07, 6.45) is 2.25. The summed E-state index contributed by atoms with van der Waals surface area (Å²) in [5, 5.41) is 21.5. The van der Waals surface area contributed by atoms with Gasteiger partial charge in [-0.05, 0) is 97.9 Å². The van der Waals surface area contributed by atoms with Crippen molar-refractivity contribution in [1.29, 1.82) is 0 Å². The summed E-state index contributed by atoms with van der Waals surface area (Å²) in [7, 11) is 2.60. The summed E-state index contributed by atoms with van der Waals surface area (Å²) in [4.78, 5) is 71.8. The van der Waals surface area contributed by atoms with Gasteiger partial charge < -0.3 is 45.2 Å². The molecule has 15 nitrogen and oxygen atoms in total. The lowest BCUT2D eigenvalue weighted by molar-refractivity contribution is -0.146. The number of carbonyl (C=O) groups is 5. The molecule has 3 aliphatic rings. The number of rotatable bonds is 15. The number of benzene rings is 3. The number of methoxy groups -OCH3 is 2. The van der Waals surface area contributed by atoms with Crippen molar-refractivity contribution >= 4 is 46.8 Å². The van der Waals surface area contributed by atoms with Crippen LogP contribution in [0.1, 0.15) is 89.4 Å². The summed E-state index contributed by atoms with van der Waals surface area (Å²) in [5.41, 5.74) is 4.55. The van der Waals surface area contributed by atoms with E-state index in [4.69, 9.17) is 9.47 Å². The second-order valence-corrected chi connectivity index (χ2v) is 16.8. The van der Waals surface area contributed by atoms with Crippen LogP contribution in [0.15, 0.2) is 78.9 Å². The highest BCUT2D eigenvalue weighted by Crippen LogP contribution is 2.47. The van der Waals surface area contributed by atoms with E-state index in [-0.39, 0.29) is 47.5 Å². The smallest absolute Gasteiger partial charge is 0.407 e. The molecule has 5 amide bonds. The van der Waals surface area contributed by atoms with Crippen LogP contribution in [-0.2, 0) is 28.7 Å². The zero-order valence-corrected chi connectivity index (χ0v) is 36.0. The predicted octanol–water partition coefficient (Wildman–Crippen LogP) is 5.55. The molecular weight excluding hydrogens is 779 g/mol. The molecule has 3 fully saturated rings. The molecule has 328 valence electrons. The normalized spacial score (nSPS) is 21.6. The van der Waals surface area contributed by atoms with Crippen molar-refractivity contribution in [2.24, 2.45) is 11.8 Å². The zero-order valence-electron chi connectivity index (χ0n) is 36.0. The molecular formula is C46H61N7O8. The highest BCUT2D eigenvalue weighted by Gasteiger charge is 2.41. The summed E-state index contributed by atoms with van der Waals surface area (Å²) in [6, 6.07) is 23.4. The topological polar surface area (TPSA) is 182 Å². The van der Waals surface area contributed by atoms with Crippen LogP contribution < -0.4 is 26.2 Å². The van der Waals surface area contributed by atoms with Gasteiger partial charge in [0.05, 0.1) is 25.2 Å². The van der Waals surface area contributed by atoms with Crippen molar-refractivity contribution in [3.05, 3.63) is 90.0 Å². The molecule has 0 aliphatic carbocycles. The molecule has 0 aromatic heterocycles. The number of nitrogens with one attached hydrogen (secondary N) is 4. The van der Waals surface area contributed by atoms with E-state index in [1.165, 1.54) is 14.2 Å². The maximum atomic E-state index is 13.6. The molecule has 0 spiro atoms. The lowest BCUT2D eigenvalue weighted by Gasteiger charge is -2.33. The first kappa shape index (κ1) is 45.0. The van der Waals surface area contributed by atoms with E-state index >= 15 is 0 Å². The Morgan fingerprint density at radius 3 is 1.52 bits per heavy atom. The fourth-order valence-electron chi connectivity index (χ4n) is 8.89. The van der Waals surface area contributed by atoms with Crippen LogP contribution >= 0.6 is 0 Å². The summed E-state index contributed by atoms with van der Waals surface area (Å²) < 4.78 is 9.65. The SMILES string of the molecule is COC(=O)NC(C(=O)N1CCC[C@H]1C(=O)Nc1ccc(C2CCC(c3ccc(NC(=O)[C@@H]4CCCN4C(=O)[C@@H](NC(O)OC)C(C)C)cc3)N2c2ccccc2)cc1)C(C)C. The minimum absolute atomic E-state index is 0.0507. The van der Waals surface area contributed by atoms with Crippen molar-refractivity contribution in [3.63, 3.8) is 0 Å². The standard InChI is InChI=1S/C46H61N7O8/c1-28(2)39(49-45(58)60-5)43(56)51-26-10-14-37(51)41(54)47-32-20-16-30(17-21-32)35-24-25-36(53(35)34-12-8-7-9-13-34)31-18-22-33(23-19-31)48-42(55)38-15-11-27-52(38)44(57)40(29(3)4)50-46(59)61-6/h7-9,12-13,16-23,28-29,35-40,45,49,58H,10-11,14-15,24-27H2,1-6H3,(H,47,54)(H,48,55)(H,50,59)/t35?,36?,37-,38-,39-,40?,45?/m0/s1. The van der Waals surface area contributed by atoms with Crippen molar-refractivity contribution in [3.8, 4) is 0 Å². The van der Waals surface area contributed by atoms with Gasteiger partial charge in [-0.3, -0.25) is 24.5 Å². The Balaban J connectivity index is 1.12. The van der Waals surface area contributed by atoms with Gasteiger partial charge in [0, 0.05) is 37.3 Å². The van der Waals surface area contributed by atoms with Crippen LogP contribution in [0.2, 0.25) is 0 Å². The number of ether oxygens (including phenoxy) is 2. The lowest BCUT2D eigenvalue weighted by atomic mass is 10.0. The van der Waals surface area contributed by atoms with E-state index in [2.05, 4.69) is 38.3 Å². The fourth-order valence-corrected chi connectivity index (χ4v) is 8.89. The Morgan fingerprint density at radius 1 is 0.639 bits per heavy atom. The number of likely N-dealkylation sites (tertiary alicyclic amines) is 2. The van der Waals surface area contributed by atoms with Gasteiger partial charge in [-0.15, -0.1) is 0 Å². The molecule has 0 radical (unpaired) electrons. The van der Waals surface area contributed by atoms with Crippen LogP contribution in [0.3, 0.4) is 0 Å². The van der Waals surface area contributed by atoms with Crippen LogP contribution in [0.25, 0.3) is 0 Å². The molecule has 6 rings (SSSR count). The van der Waals surface area contributed by atoms with E-state index in [0.717, 1.165) is 29.7 Å². The van der Waals surface area contributed by atoms with E-state index in [1.54, 1.807) is 9.80 Å². The fraction of sp³-hybridized carbons (Fsp3) is 0.500. The first-order chi connectivity index (χ1) is 29.3. The van der Waals surface area contributed by atoms with Crippen molar-refractivity contribution in [2.75, 3.05) is 42.8 Å². The lowest BCUT2D eigenvalue weighted by Crippen LogP contribution is -2.55. The third kappa shape index (κ3) is 10.5. The van der Waals surface area contributed by atoms with Crippen molar-refractivity contribution in [2.45, 2.75) is 109 Å². The number of nitrogens with zero attached hydrogens (tertiary/aromatic N) is 3. The number of hydrogen-bond donors (Lipinski definition) is 5. The molecule has 0 saturated carbocycles. The number of anilines is 3. The van der Waals surface area contributed by atoms with Crippen molar-refractivity contribution < 1.29 is 38.6 Å². The average Bonchev–Trinajstić information content (AvgIpc) is 4.06. The maximum absolute atomic E-state index is 13.6.